The summed E-state index contributed by atoms with van der Waals surface area (Å²) in [5.74, 6) is 0.646. The minimum Gasteiger partial charge on any atom is -0.497 e. The molecule has 0 spiro atoms. The number of rotatable bonds is 6. The van der Waals surface area contributed by atoms with E-state index in [0.717, 1.165) is 17.7 Å². The maximum atomic E-state index is 14.7. The van der Waals surface area contributed by atoms with Crippen LogP contribution in [0.1, 0.15) is 37.0 Å². The van der Waals surface area contributed by atoms with Crippen LogP contribution in [-0.2, 0) is 6.42 Å². The molecule has 0 heterocycles. The lowest BCUT2D eigenvalue weighted by atomic mass is 9.84. The number of methoxy groups -OCH3 is 1. The maximum Gasteiger partial charge on any atom is 0.118 e. The Balaban J connectivity index is 2.07. The van der Waals surface area contributed by atoms with Crippen molar-refractivity contribution in [2.45, 2.75) is 26.7 Å². The number of nitriles is 1. The van der Waals surface area contributed by atoms with E-state index in [2.05, 4.69) is 6.07 Å². The molecule has 0 N–H and O–H groups in total. The molecule has 0 aliphatic heterocycles. The van der Waals surface area contributed by atoms with Gasteiger partial charge in [0.2, 0.25) is 0 Å². The molecule has 0 saturated carbocycles. The fraction of sp³-hybridized carbons (Fsp3) is 0.286. The lowest BCUT2D eigenvalue weighted by molar-refractivity contribution is 0.329. The van der Waals surface area contributed by atoms with Crippen LogP contribution in [0.4, 0.5) is 4.39 Å². The number of nitrogens with zero attached hydrogens (tertiary/aromatic N) is 1. The lowest BCUT2D eigenvalue weighted by Gasteiger charge is -2.23. The predicted octanol–water partition coefficient (Wildman–Crippen LogP) is 5.54. The summed E-state index contributed by atoms with van der Waals surface area (Å²) in [4.78, 5) is 0. The third-order valence-corrected chi connectivity index (χ3v) is 4.15. The number of hydrogen-bond acceptors (Lipinski definition) is 2. The van der Waals surface area contributed by atoms with Gasteiger partial charge in [-0.25, -0.2) is 4.39 Å². The molecule has 2 rings (SSSR count). The van der Waals surface area contributed by atoms with E-state index in [9.17, 15) is 4.39 Å². The van der Waals surface area contributed by atoms with Crippen molar-refractivity contribution in [3.63, 3.8) is 0 Å². The van der Waals surface area contributed by atoms with Crippen molar-refractivity contribution >= 4 is 6.08 Å². The Hall–Kier alpha value is -2.60. The zero-order chi connectivity index (χ0) is 17.6. The van der Waals surface area contributed by atoms with Crippen molar-refractivity contribution in [1.29, 1.82) is 5.26 Å². The second-order valence-corrected chi connectivity index (χ2v) is 6.46. The fourth-order valence-electron chi connectivity index (χ4n) is 2.41. The van der Waals surface area contributed by atoms with Crippen LogP contribution >= 0.6 is 0 Å². The molecule has 0 amide bonds. The molecule has 2 aromatic rings. The molecule has 0 atom stereocenters. The molecule has 0 saturated heterocycles. The van der Waals surface area contributed by atoms with Gasteiger partial charge in [0.05, 0.1) is 18.7 Å². The van der Waals surface area contributed by atoms with Gasteiger partial charge < -0.3 is 4.74 Å². The first-order chi connectivity index (χ1) is 11.4. The Morgan fingerprint density at radius 3 is 2.54 bits per heavy atom. The highest BCUT2D eigenvalue weighted by molar-refractivity contribution is 5.54. The van der Waals surface area contributed by atoms with Gasteiger partial charge in [-0.2, -0.15) is 5.26 Å². The SMILES string of the molecule is COc1ccc(CCC(C)(C)/C(F)=C/c2cccc(C#N)c2)cc1. The molecule has 0 aliphatic carbocycles. The molecule has 0 radical (unpaired) electrons. The van der Waals surface area contributed by atoms with Crippen LogP contribution in [0.2, 0.25) is 0 Å². The van der Waals surface area contributed by atoms with Crippen LogP contribution < -0.4 is 4.74 Å². The van der Waals surface area contributed by atoms with Crippen molar-refractivity contribution < 1.29 is 9.13 Å². The Kier molecular flexibility index (Phi) is 5.76. The van der Waals surface area contributed by atoms with Gasteiger partial charge >= 0.3 is 0 Å². The smallest absolute Gasteiger partial charge is 0.118 e. The third kappa shape index (κ3) is 4.70. The average molecular weight is 323 g/mol. The quantitative estimate of drug-likeness (QED) is 0.699. The van der Waals surface area contributed by atoms with Crippen LogP contribution in [0.3, 0.4) is 0 Å². The van der Waals surface area contributed by atoms with Gasteiger partial charge in [-0.3, -0.25) is 0 Å². The highest BCUT2D eigenvalue weighted by atomic mass is 19.1. The molecule has 124 valence electrons. The van der Waals surface area contributed by atoms with Gasteiger partial charge in [-0.1, -0.05) is 38.1 Å². The zero-order valence-corrected chi connectivity index (χ0v) is 14.3. The van der Waals surface area contributed by atoms with Gasteiger partial charge in [0, 0.05) is 5.41 Å². The zero-order valence-electron chi connectivity index (χ0n) is 14.3. The summed E-state index contributed by atoms with van der Waals surface area (Å²) in [6, 6.07) is 16.9. The highest BCUT2D eigenvalue weighted by Crippen LogP contribution is 2.34. The summed E-state index contributed by atoms with van der Waals surface area (Å²) < 4.78 is 19.8. The van der Waals surface area contributed by atoms with Crippen molar-refractivity contribution in [3.05, 3.63) is 71.0 Å². The molecular weight excluding hydrogens is 301 g/mol. The van der Waals surface area contributed by atoms with E-state index in [-0.39, 0.29) is 5.83 Å². The van der Waals surface area contributed by atoms with Crippen LogP contribution in [0.5, 0.6) is 5.75 Å². The Morgan fingerprint density at radius 2 is 1.92 bits per heavy atom. The van der Waals surface area contributed by atoms with Crippen LogP contribution in [0.25, 0.3) is 6.08 Å². The van der Waals surface area contributed by atoms with Gasteiger partial charge in [-0.15, -0.1) is 0 Å². The van der Waals surface area contributed by atoms with Crippen LogP contribution in [0.15, 0.2) is 54.4 Å². The maximum absolute atomic E-state index is 14.7. The first-order valence-corrected chi connectivity index (χ1v) is 7.95. The van der Waals surface area contributed by atoms with Gasteiger partial charge in [0.15, 0.2) is 0 Å². The summed E-state index contributed by atoms with van der Waals surface area (Å²) in [6.45, 7) is 3.80. The minimum atomic E-state index is -0.567. The molecule has 2 aromatic carbocycles. The summed E-state index contributed by atoms with van der Waals surface area (Å²) in [5.41, 5.74) is 1.84. The number of ether oxygens (including phenoxy) is 1. The molecule has 0 fully saturated rings. The molecule has 0 bridgehead atoms. The topological polar surface area (TPSA) is 33.0 Å². The van der Waals surface area contributed by atoms with E-state index in [1.165, 1.54) is 6.08 Å². The summed E-state index contributed by atoms with van der Waals surface area (Å²) in [5, 5.41) is 8.93. The van der Waals surface area contributed by atoms with Crippen LogP contribution in [0, 0.1) is 16.7 Å². The number of allylic oxidation sites excluding steroid dienone is 1. The Bertz CT molecular complexity index is 754. The summed E-state index contributed by atoms with van der Waals surface area (Å²) in [6.07, 6.45) is 3.00. The Labute approximate surface area is 143 Å². The second kappa shape index (κ2) is 7.79. The van der Waals surface area contributed by atoms with Crippen LogP contribution in [-0.4, -0.2) is 7.11 Å². The fourth-order valence-corrected chi connectivity index (χ4v) is 2.41. The number of hydrogen-bond donors (Lipinski definition) is 0. The van der Waals surface area contributed by atoms with E-state index < -0.39 is 5.41 Å². The van der Waals surface area contributed by atoms with E-state index in [0.29, 0.717) is 17.5 Å². The van der Waals surface area contributed by atoms with Crippen molar-refractivity contribution in [2.75, 3.05) is 7.11 Å². The third-order valence-electron chi connectivity index (χ3n) is 4.15. The molecule has 3 heteroatoms. The number of benzene rings is 2. The lowest BCUT2D eigenvalue weighted by Crippen LogP contribution is -2.13. The molecule has 0 aliphatic rings. The normalized spacial score (nSPS) is 11.9. The molecule has 24 heavy (non-hydrogen) atoms. The van der Waals surface area contributed by atoms with Gasteiger partial charge in [-0.05, 0) is 54.3 Å². The average Bonchev–Trinajstić information content (AvgIpc) is 2.60. The van der Waals surface area contributed by atoms with E-state index in [1.54, 1.807) is 31.4 Å². The van der Waals surface area contributed by atoms with Crippen molar-refractivity contribution in [2.24, 2.45) is 5.41 Å². The monoisotopic (exact) mass is 323 g/mol. The largest absolute Gasteiger partial charge is 0.497 e. The number of aryl methyl sites for hydroxylation is 1. The number of halogens is 1. The van der Waals surface area contributed by atoms with E-state index in [1.807, 2.05) is 38.1 Å². The summed E-state index contributed by atoms with van der Waals surface area (Å²) >= 11 is 0. The Morgan fingerprint density at radius 1 is 1.21 bits per heavy atom. The van der Waals surface area contributed by atoms with E-state index in [4.69, 9.17) is 10.00 Å². The molecule has 0 unspecified atom stereocenters. The van der Waals surface area contributed by atoms with E-state index >= 15 is 0 Å². The highest BCUT2D eigenvalue weighted by Gasteiger charge is 2.23. The predicted molar refractivity (Wildman–Crippen MR) is 95.3 cm³/mol. The summed E-state index contributed by atoms with van der Waals surface area (Å²) in [7, 11) is 1.64. The van der Waals surface area contributed by atoms with Gasteiger partial charge in [0.25, 0.3) is 0 Å². The molecule has 2 nitrogen and oxygen atoms in total. The molecular formula is C21H22FNO. The first kappa shape index (κ1) is 17.7. The molecule has 0 aromatic heterocycles. The second-order valence-electron chi connectivity index (χ2n) is 6.46. The minimum absolute atomic E-state index is 0.175. The van der Waals surface area contributed by atoms with Gasteiger partial charge in [0.1, 0.15) is 11.6 Å². The standard InChI is InChI=1S/C21H22FNO/c1-21(2,12-11-16-7-9-19(24-3)10-8-16)20(22)14-17-5-4-6-18(13-17)15-23/h4-10,13-14H,11-12H2,1-3H3/b20-14-. The van der Waals surface area contributed by atoms with Crippen molar-refractivity contribution in [3.8, 4) is 11.8 Å². The van der Waals surface area contributed by atoms with Crippen molar-refractivity contribution in [1.82, 2.24) is 0 Å². The first-order valence-electron chi connectivity index (χ1n) is 7.95.